The Balaban J connectivity index is 1.36. The summed E-state index contributed by atoms with van der Waals surface area (Å²) >= 11 is 0. The summed E-state index contributed by atoms with van der Waals surface area (Å²) in [7, 11) is -9.05. The van der Waals surface area contributed by atoms with Crippen LogP contribution in [0.3, 0.4) is 0 Å². The minimum atomic E-state index is -5.35. The molecule has 0 aliphatic carbocycles. The van der Waals surface area contributed by atoms with Crippen molar-refractivity contribution in [2.24, 2.45) is 0 Å². The highest BCUT2D eigenvalue weighted by molar-refractivity contribution is 7.46. The number of aliphatic hydroxyl groups is 7. The van der Waals surface area contributed by atoms with Crippen molar-refractivity contribution in [3.8, 4) is 11.5 Å². The van der Waals surface area contributed by atoms with Crippen LogP contribution in [0.4, 0.5) is 0 Å². The van der Waals surface area contributed by atoms with Gasteiger partial charge in [-0.15, -0.1) is 0 Å². The van der Waals surface area contributed by atoms with E-state index in [4.69, 9.17) is 37.7 Å². The first kappa shape index (κ1) is 41.2. The molecule has 0 saturated carbocycles. The summed E-state index contributed by atoms with van der Waals surface area (Å²) in [5.74, 6) is 0.672. The number of hydrogen-bond donors (Lipinski definition) is 11. The lowest BCUT2D eigenvalue weighted by atomic mass is 9.96. The molecule has 11 N–H and O–H groups in total. The minimum absolute atomic E-state index is 0.137. The highest BCUT2D eigenvalue weighted by Crippen LogP contribution is 2.42. The van der Waals surface area contributed by atoms with Crippen LogP contribution < -0.4 is 9.47 Å². The van der Waals surface area contributed by atoms with E-state index < -0.39 is 121 Å². The molecule has 0 radical (unpaired) electrons. The van der Waals surface area contributed by atoms with Gasteiger partial charge in [-0.1, -0.05) is 12.1 Å². The first-order valence-electron chi connectivity index (χ1n) is 15.5. The van der Waals surface area contributed by atoms with Crippen LogP contribution in [-0.4, -0.2) is 168 Å². The van der Waals surface area contributed by atoms with Gasteiger partial charge in [0.1, 0.15) is 72.5 Å². The predicted octanol–water partition coefficient (Wildman–Crippen LogP) is -3.45. The van der Waals surface area contributed by atoms with Crippen LogP contribution in [-0.2, 0) is 41.9 Å². The van der Waals surface area contributed by atoms with Gasteiger partial charge in [-0.3, -0.25) is 9.05 Å². The van der Waals surface area contributed by atoms with Crippen molar-refractivity contribution < 1.29 is 107 Å². The van der Waals surface area contributed by atoms with Crippen molar-refractivity contribution in [2.75, 3.05) is 26.9 Å². The number of methoxy groups -OCH3 is 1. The number of phosphoric ester groups is 2. The molecule has 0 amide bonds. The molecule has 5 rings (SSSR count). The van der Waals surface area contributed by atoms with Crippen LogP contribution >= 0.6 is 15.6 Å². The fourth-order valence-corrected chi connectivity index (χ4v) is 6.66. The van der Waals surface area contributed by atoms with Gasteiger partial charge in [0.15, 0.2) is 18.7 Å². The smallest absolute Gasteiger partial charge is 0.470 e. The van der Waals surface area contributed by atoms with Crippen molar-refractivity contribution in [1.29, 1.82) is 0 Å². The van der Waals surface area contributed by atoms with Crippen molar-refractivity contribution in [2.45, 2.75) is 86.0 Å². The van der Waals surface area contributed by atoms with Gasteiger partial charge in [-0.05, 0) is 35.0 Å². The van der Waals surface area contributed by atoms with E-state index in [0.717, 1.165) is 5.39 Å². The maximum Gasteiger partial charge on any atom is 0.470 e. The first-order valence-corrected chi connectivity index (χ1v) is 18.6. The number of fused-ring (bicyclic) bond motifs is 1. The van der Waals surface area contributed by atoms with Crippen LogP contribution in [0.15, 0.2) is 36.4 Å². The van der Waals surface area contributed by atoms with Crippen molar-refractivity contribution >= 4 is 26.4 Å². The van der Waals surface area contributed by atoms with Gasteiger partial charge < -0.3 is 88.5 Å². The lowest BCUT2D eigenvalue weighted by Crippen LogP contribution is -2.66. The zero-order valence-electron chi connectivity index (χ0n) is 27.0. The van der Waals surface area contributed by atoms with Gasteiger partial charge in [0.05, 0.1) is 26.9 Å². The molecule has 3 heterocycles. The van der Waals surface area contributed by atoms with Gasteiger partial charge in [0.25, 0.3) is 0 Å². The molecule has 0 unspecified atom stereocenters. The largest absolute Gasteiger partial charge is 0.497 e. The standard InChI is InChI=1S/C28H40O22P2/c1-42-13-4-2-11-3-5-14(7-12(11)6-13)45-28-25(50-52(39,40)41)20(32)16(9-43-28)47-27-23(35)24(19(31)17(48-27)10-44-51(36,37)38)49-26-22(34)21(33)18(30)15(8-29)46-26/h2-7,15-35H,8-10H2,1H3,(H2,36,37,38)(H2,39,40,41)/t15-,16-,17-,18+,19+,20+,21+,22-,23-,24+,25-,26+,27-,28+/m1/s1. The molecule has 22 nitrogen and oxygen atoms in total. The SMILES string of the molecule is COc1ccc2ccc(O[C@@H]3OC[C@@H](O[C@@H]4O[C@H](COP(=O)(O)O)[C@H](O)[C@H](O[C@@H]5O[C@H](CO)[C@H](O)[C@H](O)[C@H]5O)[C@H]4O)[C@H](O)[C@H]3OP(=O)(O)O)cc2c1. The number of ether oxygens (including phenoxy) is 7. The van der Waals surface area contributed by atoms with Gasteiger partial charge in [-0.25, -0.2) is 9.13 Å². The highest BCUT2D eigenvalue weighted by Gasteiger charge is 2.53. The maximum atomic E-state index is 11.9. The normalized spacial score (nSPS) is 37.5. The van der Waals surface area contributed by atoms with Crippen LogP contribution in [0.1, 0.15) is 0 Å². The van der Waals surface area contributed by atoms with Gasteiger partial charge in [-0.2, -0.15) is 0 Å². The van der Waals surface area contributed by atoms with Crippen molar-refractivity contribution in [1.82, 2.24) is 0 Å². The Hall–Kier alpha value is -1.96. The zero-order valence-corrected chi connectivity index (χ0v) is 28.8. The minimum Gasteiger partial charge on any atom is -0.497 e. The van der Waals surface area contributed by atoms with Crippen molar-refractivity contribution in [3.63, 3.8) is 0 Å². The molecule has 294 valence electrons. The van der Waals surface area contributed by atoms with E-state index in [0.29, 0.717) is 11.1 Å². The topological polar surface area (TPSA) is 340 Å². The van der Waals surface area contributed by atoms with E-state index in [-0.39, 0.29) is 5.75 Å². The fraction of sp³-hybridized carbons (Fsp3) is 0.643. The Morgan fingerprint density at radius 3 is 1.96 bits per heavy atom. The molecule has 3 saturated heterocycles. The summed E-state index contributed by atoms with van der Waals surface area (Å²) in [6, 6.07) is 9.98. The first-order chi connectivity index (χ1) is 24.4. The Bertz CT molecular complexity index is 1590. The average molecular weight is 791 g/mol. The second-order valence-electron chi connectivity index (χ2n) is 12.0. The number of phosphoric acid groups is 2. The molecular formula is C28H40O22P2. The summed E-state index contributed by atoms with van der Waals surface area (Å²) in [4.78, 5) is 37.7. The third kappa shape index (κ3) is 9.82. The lowest BCUT2D eigenvalue weighted by Gasteiger charge is -2.47. The molecule has 2 aromatic carbocycles. The van der Waals surface area contributed by atoms with E-state index in [1.54, 1.807) is 30.3 Å². The van der Waals surface area contributed by atoms with Gasteiger partial charge >= 0.3 is 15.6 Å². The summed E-state index contributed by atoms with van der Waals surface area (Å²) in [6.07, 6.45) is -26.2. The number of rotatable bonds is 13. The third-order valence-electron chi connectivity index (χ3n) is 8.44. The van der Waals surface area contributed by atoms with Crippen LogP contribution in [0, 0.1) is 0 Å². The monoisotopic (exact) mass is 790 g/mol. The third-order valence-corrected chi connectivity index (χ3v) is 9.44. The predicted molar refractivity (Wildman–Crippen MR) is 166 cm³/mol. The van der Waals surface area contributed by atoms with E-state index >= 15 is 0 Å². The zero-order chi connectivity index (χ0) is 38.1. The molecule has 52 heavy (non-hydrogen) atoms. The maximum absolute atomic E-state index is 11.9. The molecule has 0 bridgehead atoms. The lowest BCUT2D eigenvalue weighted by molar-refractivity contribution is -0.371. The molecule has 2 aromatic rings. The molecular weight excluding hydrogens is 750 g/mol. The summed E-state index contributed by atoms with van der Waals surface area (Å²) in [5, 5.41) is 75.1. The summed E-state index contributed by atoms with van der Waals surface area (Å²) in [5.41, 5.74) is 0. The molecule has 3 aliphatic heterocycles. The second-order valence-corrected chi connectivity index (χ2v) is 14.5. The molecule has 0 spiro atoms. The van der Waals surface area contributed by atoms with E-state index in [9.17, 15) is 64.4 Å². The Labute approximate surface area is 294 Å². The number of benzene rings is 2. The number of aliphatic hydroxyl groups excluding tert-OH is 7. The molecule has 3 fully saturated rings. The number of hydrogen-bond acceptors (Lipinski definition) is 18. The average Bonchev–Trinajstić information content (AvgIpc) is 3.08. The van der Waals surface area contributed by atoms with E-state index in [1.165, 1.54) is 13.2 Å². The van der Waals surface area contributed by atoms with Crippen LogP contribution in [0.25, 0.3) is 10.8 Å². The Morgan fingerprint density at radius 1 is 0.692 bits per heavy atom. The molecule has 0 aromatic heterocycles. The Morgan fingerprint density at radius 2 is 1.33 bits per heavy atom. The van der Waals surface area contributed by atoms with Crippen LogP contribution in [0.5, 0.6) is 11.5 Å². The molecule has 3 aliphatic rings. The highest BCUT2D eigenvalue weighted by atomic mass is 31.2. The summed E-state index contributed by atoms with van der Waals surface area (Å²) in [6.45, 7) is -2.51. The van der Waals surface area contributed by atoms with Crippen LogP contribution in [0.2, 0.25) is 0 Å². The Kier molecular flexibility index (Phi) is 13.3. The quantitative estimate of drug-likeness (QED) is 0.0879. The fourth-order valence-electron chi connectivity index (χ4n) is 5.78. The second kappa shape index (κ2) is 16.8. The molecule has 24 heteroatoms. The summed E-state index contributed by atoms with van der Waals surface area (Å²) < 4.78 is 71.3. The van der Waals surface area contributed by atoms with E-state index in [2.05, 4.69) is 4.52 Å². The van der Waals surface area contributed by atoms with Crippen molar-refractivity contribution in [3.05, 3.63) is 36.4 Å². The van der Waals surface area contributed by atoms with E-state index in [1.807, 2.05) is 0 Å². The molecule has 14 atom stereocenters. The van der Waals surface area contributed by atoms with Gasteiger partial charge in [0.2, 0.25) is 6.29 Å². The van der Waals surface area contributed by atoms with Gasteiger partial charge in [0, 0.05) is 0 Å².